The third-order valence-electron chi connectivity index (χ3n) is 6.81. The van der Waals surface area contributed by atoms with Crippen LogP contribution in [0.15, 0.2) is 59.4 Å². The van der Waals surface area contributed by atoms with E-state index in [1.54, 1.807) is 46.9 Å². The van der Waals surface area contributed by atoms with Gasteiger partial charge in [0.15, 0.2) is 11.5 Å². The SMILES string of the molecule is COc1ccc(C(=O)OC[C@H]2O[C@@H](c3ccc(Cl)c(Cc4ncc(-c5ccsc5)s4)c3)[C@H](O)[C@H](O)[C@H]2O)cc1OC. The van der Waals surface area contributed by atoms with E-state index in [-0.39, 0.29) is 12.2 Å². The molecule has 2 aromatic heterocycles. The van der Waals surface area contributed by atoms with Crippen molar-refractivity contribution in [3.8, 4) is 21.9 Å². The lowest BCUT2D eigenvalue weighted by molar-refractivity contribution is -0.231. The lowest BCUT2D eigenvalue weighted by atomic mass is 9.90. The number of aromatic nitrogens is 1. The molecule has 3 heterocycles. The molecule has 0 radical (unpaired) electrons. The van der Waals surface area contributed by atoms with Gasteiger partial charge in [0, 0.05) is 23.2 Å². The molecular formula is C29H28ClNO8S2. The minimum atomic E-state index is -1.54. The summed E-state index contributed by atoms with van der Waals surface area (Å²) in [6.45, 7) is -0.362. The monoisotopic (exact) mass is 617 g/mol. The van der Waals surface area contributed by atoms with Crippen molar-refractivity contribution in [3.05, 3.63) is 86.1 Å². The number of thiophene rings is 1. The van der Waals surface area contributed by atoms with Crippen LogP contribution in [0.25, 0.3) is 10.4 Å². The highest BCUT2D eigenvalue weighted by atomic mass is 35.5. The number of aliphatic hydroxyl groups is 3. The van der Waals surface area contributed by atoms with Gasteiger partial charge < -0.3 is 34.3 Å². The molecule has 12 heteroatoms. The Balaban J connectivity index is 1.30. The third-order valence-corrected chi connectivity index (χ3v) is 8.91. The summed E-state index contributed by atoms with van der Waals surface area (Å²) in [7, 11) is 2.94. The molecule has 1 fully saturated rings. The molecule has 0 spiro atoms. The van der Waals surface area contributed by atoms with Crippen molar-refractivity contribution in [2.75, 3.05) is 20.8 Å². The van der Waals surface area contributed by atoms with E-state index in [2.05, 4.69) is 10.4 Å². The Labute approximate surface area is 249 Å². The Morgan fingerprint density at radius 1 is 1.02 bits per heavy atom. The van der Waals surface area contributed by atoms with Gasteiger partial charge in [-0.25, -0.2) is 9.78 Å². The topological polar surface area (TPSA) is 128 Å². The van der Waals surface area contributed by atoms with Gasteiger partial charge in [-0.05, 0) is 52.2 Å². The summed E-state index contributed by atoms with van der Waals surface area (Å²) < 4.78 is 21.8. The molecule has 1 aliphatic rings. The van der Waals surface area contributed by atoms with Gasteiger partial charge in [0.2, 0.25) is 0 Å². The van der Waals surface area contributed by atoms with Crippen LogP contribution in [0.1, 0.15) is 32.6 Å². The molecule has 2 aromatic carbocycles. The zero-order valence-corrected chi connectivity index (χ0v) is 24.5. The number of nitrogens with zero attached hydrogens (tertiary/aromatic N) is 1. The number of esters is 1. The normalized spacial score (nSPS) is 22.3. The fourth-order valence-electron chi connectivity index (χ4n) is 4.57. The predicted molar refractivity (Wildman–Crippen MR) is 155 cm³/mol. The number of thiazole rings is 1. The summed E-state index contributed by atoms with van der Waals surface area (Å²) in [6, 6.07) is 11.8. The maximum Gasteiger partial charge on any atom is 0.338 e. The fraction of sp³-hybridized carbons (Fsp3) is 0.310. The molecule has 1 aliphatic heterocycles. The van der Waals surface area contributed by atoms with Crippen LogP contribution in [-0.2, 0) is 15.9 Å². The molecule has 0 amide bonds. The minimum absolute atomic E-state index is 0.205. The second-order valence-corrected chi connectivity index (χ2v) is 11.7. The van der Waals surface area contributed by atoms with Gasteiger partial charge in [-0.2, -0.15) is 11.3 Å². The Kier molecular flexibility index (Phi) is 9.25. The van der Waals surface area contributed by atoms with E-state index in [1.165, 1.54) is 26.4 Å². The smallest absolute Gasteiger partial charge is 0.338 e. The molecule has 4 aromatic rings. The molecule has 9 nitrogen and oxygen atoms in total. The minimum Gasteiger partial charge on any atom is -0.493 e. The molecule has 5 rings (SSSR count). The van der Waals surface area contributed by atoms with E-state index in [4.69, 9.17) is 30.5 Å². The number of methoxy groups -OCH3 is 2. The number of halogens is 1. The molecule has 1 saturated heterocycles. The second-order valence-electron chi connectivity index (χ2n) is 9.39. The van der Waals surface area contributed by atoms with E-state index in [9.17, 15) is 20.1 Å². The van der Waals surface area contributed by atoms with Crippen LogP contribution in [0.3, 0.4) is 0 Å². The first kappa shape index (κ1) is 29.5. The number of hydrogen-bond acceptors (Lipinski definition) is 11. The number of carbonyl (C=O) groups excluding carboxylic acids is 1. The third kappa shape index (κ3) is 6.41. The average molecular weight is 618 g/mol. The maximum absolute atomic E-state index is 12.7. The van der Waals surface area contributed by atoms with Crippen molar-refractivity contribution in [3.63, 3.8) is 0 Å². The number of aliphatic hydroxyl groups excluding tert-OH is 3. The van der Waals surface area contributed by atoms with Crippen LogP contribution in [-0.4, -0.2) is 71.5 Å². The van der Waals surface area contributed by atoms with Crippen LogP contribution in [0, 0.1) is 0 Å². The average Bonchev–Trinajstić information content (AvgIpc) is 3.69. The molecule has 0 unspecified atom stereocenters. The number of ether oxygens (including phenoxy) is 4. The van der Waals surface area contributed by atoms with Crippen molar-refractivity contribution in [1.29, 1.82) is 0 Å². The fourth-order valence-corrected chi connectivity index (χ4v) is 6.42. The molecule has 5 atom stereocenters. The Morgan fingerprint density at radius 3 is 2.56 bits per heavy atom. The van der Waals surface area contributed by atoms with E-state index in [0.717, 1.165) is 21.0 Å². The van der Waals surface area contributed by atoms with Gasteiger partial charge in [0.25, 0.3) is 0 Å². The first-order valence-electron chi connectivity index (χ1n) is 12.6. The Hall–Kier alpha value is -3.03. The van der Waals surface area contributed by atoms with Gasteiger partial charge in [-0.3, -0.25) is 0 Å². The quantitative estimate of drug-likeness (QED) is 0.232. The van der Waals surface area contributed by atoms with Crippen molar-refractivity contribution in [2.45, 2.75) is 36.9 Å². The first-order valence-corrected chi connectivity index (χ1v) is 14.8. The summed E-state index contributed by atoms with van der Waals surface area (Å²) in [5, 5.41) is 37.5. The summed E-state index contributed by atoms with van der Waals surface area (Å²) >= 11 is 9.69. The van der Waals surface area contributed by atoms with Crippen molar-refractivity contribution in [1.82, 2.24) is 4.98 Å². The van der Waals surface area contributed by atoms with E-state index in [0.29, 0.717) is 28.5 Å². The molecule has 41 heavy (non-hydrogen) atoms. The number of carbonyl (C=O) groups is 1. The summed E-state index contributed by atoms with van der Waals surface area (Å²) in [4.78, 5) is 18.3. The van der Waals surface area contributed by atoms with Crippen LogP contribution in [0.5, 0.6) is 11.5 Å². The van der Waals surface area contributed by atoms with Gasteiger partial charge in [0.1, 0.15) is 37.1 Å². The standard InChI is InChI=1S/C29H28ClNO8S2/c1-36-20-6-4-16(10-21(20)37-2)29(35)38-13-22-25(32)26(33)27(34)28(39-22)15-3-5-19(30)18(9-15)11-24-31-12-23(41-24)17-7-8-40-14-17/h3-10,12,14,22,25-28,32-34H,11,13H2,1-2H3/t22-,25+,26-,27-,28+/m1/s1. The van der Waals surface area contributed by atoms with Crippen molar-refractivity contribution >= 4 is 40.2 Å². The molecule has 0 bridgehead atoms. The van der Waals surface area contributed by atoms with Gasteiger partial charge in [-0.15, -0.1) is 11.3 Å². The summed E-state index contributed by atoms with van der Waals surface area (Å²) in [5.74, 6) is 0.126. The number of rotatable bonds is 9. The highest BCUT2D eigenvalue weighted by Gasteiger charge is 2.44. The first-order chi connectivity index (χ1) is 19.8. The lowest BCUT2D eigenvalue weighted by Crippen LogP contribution is -2.55. The van der Waals surface area contributed by atoms with Gasteiger partial charge in [-0.1, -0.05) is 23.7 Å². The molecule has 0 saturated carbocycles. The van der Waals surface area contributed by atoms with Crippen molar-refractivity contribution < 1.29 is 39.1 Å². The second kappa shape index (κ2) is 12.9. The van der Waals surface area contributed by atoms with Gasteiger partial charge in [0.05, 0.1) is 29.7 Å². The van der Waals surface area contributed by atoms with E-state index < -0.39 is 36.5 Å². The highest BCUT2D eigenvalue weighted by Crippen LogP contribution is 2.36. The maximum atomic E-state index is 12.7. The summed E-state index contributed by atoms with van der Waals surface area (Å²) in [5.41, 5.74) is 2.64. The highest BCUT2D eigenvalue weighted by molar-refractivity contribution is 7.15. The Morgan fingerprint density at radius 2 is 1.83 bits per heavy atom. The zero-order chi connectivity index (χ0) is 29.1. The molecular weight excluding hydrogens is 590 g/mol. The lowest BCUT2D eigenvalue weighted by Gasteiger charge is -2.40. The van der Waals surface area contributed by atoms with E-state index >= 15 is 0 Å². The largest absolute Gasteiger partial charge is 0.493 e. The molecule has 216 valence electrons. The predicted octanol–water partition coefficient (Wildman–Crippen LogP) is 4.51. The van der Waals surface area contributed by atoms with Gasteiger partial charge >= 0.3 is 5.97 Å². The van der Waals surface area contributed by atoms with Crippen molar-refractivity contribution in [2.24, 2.45) is 0 Å². The number of benzene rings is 2. The van der Waals surface area contributed by atoms with Crippen LogP contribution in [0.2, 0.25) is 5.02 Å². The van der Waals surface area contributed by atoms with E-state index in [1.807, 2.05) is 17.6 Å². The summed E-state index contributed by atoms with van der Waals surface area (Å²) in [6.07, 6.45) is -4.27. The molecule has 0 aliphatic carbocycles. The number of hydrogen-bond donors (Lipinski definition) is 3. The Bertz CT molecular complexity index is 1490. The molecule has 3 N–H and O–H groups in total. The van der Waals surface area contributed by atoms with Crippen LogP contribution >= 0.6 is 34.3 Å². The van der Waals surface area contributed by atoms with Crippen LogP contribution < -0.4 is 9.47 Å². The van der Waals surface area contributed by atoms with Crippen LogP contribution in [0.4, 0.5) is 0 Å². The zero-order valence-electron chi connectivity index (χ0n) is 22.1.